The normalized spacial score (nSPS) is 13.2. The fourth-order valence-electron chi connectivity index (χ4n) is 4.64. The number of benzene rings is 3. The van der Waals surface area contributed by atoms with Gasteiger partial charge >= 0.3 is 0 Å². The molecule has 178 valence electrons. The van der Waals surface area contributed by atoms with Gasteiger partial charge in [0.1, 0.15) is 6.61 Å². The Bertz CT molecular complexity index is 1130. The van der Waals surface area contributed by atoms with Gasteiger partial charge in [-0.25, -0.2) is 0 Å². The molecule has 5 nitrogen and oxygen atoms in total. The van der Waals surface area contributed by atoms with E-state index in [1.165, 1.54) is 0 Å². The zero-order valence-electron chi connectivity index (χ0n) is 20.7. The molecule has 0 aromatic heterocycles. The van der Waals surface area contributed by atoms with Crippen molar-refractivity contribution in [2.45, 2.75) is 46.3 Å². The number of anilines is 1. The highest BCUT2D eigenvalue weighted by Crippen LogP contribution is 2.36. The first kappa shape index (κ1) is 23.8. The standard InChI is InChI=1S/C29H34N2O3/c1-20(2)30(21(3)4)15-16-34-27-14-13-25(18-28(27)33-5)31-19-24-12-11-23(17-26(24)29(31)32)22-9-7-6-8-10-22/h6-14,17-18,20-21H,15-16,19H2,1-5H3. The number of ether oxygens (including phenoxy) is 2. The van der Waals surface area contributed by atoms with E-state index in [-0.39, 0.29) is 5.91 Å². The molecule has 1 amide bonds. The van der Waals surface area contributed by atoms with E-state index in [9.17, 15) is 4.79 Å². The first-order valence-electron chi connectivity index (χ1n) is 12.0. The second kappa shape index (κ2) is 10.3. The number of hydrogen-bond acceptors (Lipinski definition) is 4. The van der Waals surface area contributed by atoms with Crippen molar-refractivity contribution in [1.82, 2.24) is 4.90 Å². The number of carbonyl (C=O) groups excluding carboxylic acids is 1. The van der Waals surface area contributed by atoms with Crippen molar-refractivity contribution in [3.8, 4) is 22.6 Å². The summed E-state index contributed by atoms with van der Waals surface area (Å²) in [6.07, 6.45) is 0. The minimum absolute atomic E-state index is 0.00742. The Morgan fingerprint density at radius 2 is 1.62 bits per heavy atom. The number of carbonyl (C=O) groups is 1. The first-order chi connectivity index (χ1) is 16.4. The topological polar surface area (TPSA) is 42.0 Å². The zero-order chi connectivity index (χ0) is 24.2. The summed E-state index contributed by atoms with van der Waals surface area (Å²) in [6.45, 7) is 10.7. The SMILES string of the molecule is COc1cc(N2Cc3ccc(-c4ccccc4)cc3C2=O)ccc1OCCN(C(C)C)C(C)C. The van der Waals surface area contributed by atoms with Crippen molar-refractivity contribution < 1.29 is 14.3 Å². The first-order valence-corrected chi connectivity index (χ1v) is 12.0. The summed E-state index contributed by atoms with van der Waals surface area (Å²) in [5.41, 5.74) is 4.74. The molecular formula is C29H34N2O3. The molecule has 1 aliphatic heterocycles. The number of methoxy groups -OCH3 is 1. The van der Waals surface area contributed by atoms with Gasteiger partial charge in [0.25, 0.3) is 5.91 Å². The molecule has 0 bridgehead atoms. The van der Waals surface area contributed by atoms with Crippen molar-refractivity contribution in [3.05, 3.63) is 77.9 Å². The molecule has 0 radical (unpaired) electrons. The molecule has 0 saturated heterocycles. The van der Waals surface area contributed by atoms with Gasteiger partial charge < -0.3 is 14.4 Å². The van der Waals surface area contributed by atoms with Gasteiger partial charge in [-0.05, 0) is 62.6 Å². The molecule has 3 aromatic carbocycles. The minimum atomic E-state index is 0.00742. The van der Waals surface area contributed by atoms with Crippen molar-refractivity contribution in [2.24, 2.45) is 0 Å². The van der Waals surface area contributed by atoms with E-state index in [2.05, 4.69) is 56.9 Å². The van der Waals surface area contributed by atoms with Crippen molar-refractivity contribution in [2.75, 3.05) is 25.2 Å². The third-order valence-corrected chi connectivity index (χ3v) is 6.41. The number of hydrogen-bond donors (Lipinski definition) is 0. The van der Waals surface area contributed by atoms with E-state index in [0.717, 1.165) is 34.5 Å². The Labute approximate surface area is 202 Å². The van der Waals surface area contributed by atoms with Gasteiger partial charge in [0.15, 0.2) is 11.5 Å². The lowest BCUT2D eigenvalue weighted by molar-refractivity contribution is 0.0996. The molecule has 1 heterocycles. The third-order valence-electron chi connectivity index (χ3n) is 6.41. The van der Waals surface area contributed by atoms with Gasteiger partial charge in [0.2, 0.25) is 0 Å². The van der Waals surface area contributed by atoms with Crippen LogP contribution < -0.4 is 14.4 Å². The highest BCUT2D eigenvalue weighted by molar-refractivity contribution is 6.10. The highest BCUT2D eigenvalue weighted by atomic mass is 16.5. The van der Waals surface area contributed by atoms with Gasteiger partial charge in [-0.2, -0.15) is 0 Å². The van der Waals surface area contributed by atoms with Gasteiger partial charge in [-0.1, -0.05) is 42.5 Å². The molecule has 3 aromatic rings. The Morgan fingerprint density at radius 3 is 2.29 bits per heavy atom. The Hall–Kier alpha value is -3.31. The molecule has 0 saturated carbocycles. The van der Waals surface area contributed by atoms with Crippen LogP contribution >= 0.6 is 0 Å². The largest absolute Gasteiger partial charge is 0.493 e. The van der Waals surface area contributed by atoms with Crippen molar-refractivity contribution in [3.63, 3.8) is 0 Å². The third kappa shape index (κ3) is 4.95. The van der Waals surface area contributed by atoms with Gasteiger partial charge in [-0.3, -0.25) is 9.69 Å². The highest BCUT2D eigenvalue weighted by Gasteiger charge is 2.29. The number of rotatable bonds is 9. The van der Waals surface area contributed by atoms with Crippen LogP contribution in [0.5, 0.6) is 11.5 Å². The Kier molecular flexibility index (Phi) is 7.23. The van der Waals surface area contributed by atoms with Crippen LogP contribution in [0, 0.1) is 0 Å². The second-order valence-corrected chi connectivity index (χ2v) is 9.24. The summed E-state index contributed by atoms with van der Waals surface area (Å²) in [5.74, 6) is 1.33. The second-order valence-electron chi connectivity index (χ2n) is 9.24. The lowest BCUT2D eigenvalue weighted by Gasteiger charge is -2.30. The monoisotopic (exact) mass is 458 g/mol. The molecule has 0 unspecified atom stereocenters. The molecule has 0 spiro atoms. The average molecular weight is 459 g/mol. The van der Waals surface area contributed by atoms with Crippen LogP contribution in [0.2, 0.25) is 0 Å². The van der Waals surface area contributed by atoms with Crippen molar-refractivity contribution in [1.29, 1.82) is 0 Å². The van der Waals surface area contributed by atoms with Crippen LogP contribution in [-0.4, -0.2) is 43.2 Å². The molecular weight excluding hydrogens is 424 g/mol. The van der Waals surface area contributed by atoms with E-state index >= 15 is 0 Å². The molecule has 0 fully saturated rings. The molecule has 0 atom stereocenters. The van der Waals surface area contributed by atoms with Gasteiger partial charge in [-0.15, -0.1) is 0 Å². The molecule has 4 rings (SSSR count). The summed E-state index contributed by atoms with van der Waals surface area (Å²) in [6, 6.07) is 22.9. The summed E-state index contributed by atoms with van der Waals surface area (Å²) < 4.78 is 11.7. The number of nitrogens with zero attached hydrogens (tertiary/aromatic N) is 2. The lowest BCUT2D eigenvalue weighted by atomic mass is 10.0. The molecule has 0 aliphatic carbocycles. The van der Waals surface area contributed by atoms with Crippen LogP contribution in [0.15, 0.2) is 66.7 Å². The minimum Gasteiger partial charge on any atom is -0.493 e. The quantitative estimate of drug-likeness (QED) is 0.393. The van der Waals surface area contributed by atoms with E-state index < -0.39 is 0 Å². The predicted molar refractivity (Wildman–Crippen MR) is 138 cm³/mol. The summed E-state index contributed by atoms with van der Waals surface area (Å²) in [7, 11) is 1.63. The molecule has 5 heteroatoms. The van der Waals surface area contributed by atoms with Crippen LogP contribution in [0.4, 0.5) is 5.69 Å². The predicted octanol–water partition coefficient (Wildman–Crippen LogP) is 6.02. The maximum atomic E-state index is 13.3. The van der Waals surface area contributed by atoms with E-state index in [0.29, 0.717) is 36.7 Å². The van der Waals surface area contributed by atoms with Crippen LogP contribution in [0.25, 0.3) is 11.1 Å². The maximum absolute atomic E-state index is 13.3. The smallest absolute Gasteiger partial charge is 0.258 e. The number of fused-ring (bicyclic) bond motifs is 1. The summed E-state index contributed by atoms with van der Waals surface area (Å²) in [5, 5.41) is 0. The van der Waals surface area contributed by atoms with Crippen LogP contribution in [0.3, 0.4) is 0 Å². The van der Waals surface area contributed by atoms with Crippen LogP contribution in [0.1, 0.15) is 43.6 Å². The van der Waals surface area contributed by atoms with E-state index in [1.807, 2.05) is 42.5 Å². The fourth-order valence-corrected chi connectivity index (χ4v) is 4.64. The fraction of sp³-hybridized carbons (Fsp3) is 0.345. The summed E-state index contributed by atoms with van der Waals surface area (Å²) in [4.78, 5) is 17.5. The van der Waals surface area contributed by atoms with Gasteiger partial charge in [0.05, 0.1) is 13.7 Å². The zero-order valence-corrected chi connectivity index (χ0v) is 20.7. The Balaban J connectivity index is 1.49. The average Bonchev–Trinajstić information content (AvgIpc) is 3.17. The number of amides is 1. The van der Waals surface area contributed by atoms with Gasteiger partial charge in [0, 0.05) is 35.9 Å². The molecule has 1 aliphatic rings. The van der Waals surface area contributed by atoms with E-state index in [1.54, 1.807) is 12.0 Å². The van der Waals surface area contributed by atoms with E-state index in [4.69, 9.17) is 9.47 Å². The molecule has 34 heavy (non-hydrogen) atoms. The van der Waals surface area contributed by atoms with Crippen LogP contribution in [-0.2, 0) is 6.54 Å². The van der Waals surface area contributed by atoms with Crippen molar-refractivity contribution >= 4 is 11.6 Å². The Morgan fingerprint density at radius 1 is 0.882 bits per heavy atom. The lowest BCUT2D eigenvalue weighted by Crippen LogP contribution is -2.39. The molecule has 0 N–H and O–H groups in total. The maximum Gasteiger partial charge on any atom is 0.258 e. The summed E-state index contributed by atoms with van der Waals surface area (Å²) >= 11 is 0.